The van der Waals surface area contributed by atoms with Crippen molar-refractivity contribution in [3.8, 4) is 5.75 Å². The first-order valence-electron chi connectivity index (χ1n) is 7.83. The number of carbonyl (C=O) groups excluding carboxylic acids is 2. The zero-order chi connectivity index (χ0) is 16.9. The zero-order valence-electron chi connectivity index (χ0n) is 13.6. The van der Waals surface area contributed by atoms with Gasteiger partial charge in [-0.15, -0.1) is 0 Å². The molecule has 6 nitrogen and oxygen atoms in total. The molecular weight excluding hydrogens is 296 g/mol. The first-order chi connectivity index (χ1) is 10.9. The lowest BCUT2D eigenvalue weighted by Gasteiger charge is -2.37. The van der Waals surface area contributed by atoms with Crippen LogP contribution >= 0.6 is 0 Å². The van der Waals surface area contributed by atoms with Crippen molar-refractivity contribution in [2.24, 2.45) is 11.7 Å². The molecular formula is C17H24N2O4. The van der Waals surface area contributed by atoms with Gasteiger partial charge in [-0.2, -0.15) is 0 Å². The monoisotopic (exact) mass is 320 g/mol. The van der Waals surface area contributed by atoms with E-state index in [1.54, 1.807) is 31.4 Å². The third kappa shape index (κ3) is 4.45. The molecule has 1 aliphatic rings. The van der Waals surface area contributed by atoms with Crippen molar-refractivity contribution in [2.45, 2.75) is 38.2 Å². The average Bonchev–Trinajstić information content (AvgIpc) is 2.54. The number of nitrogens with two attached hydrogens (primary N) is 1. The van der Waals surface area contributed by atoms with Gasteiger partial charge < -0.3 is 20.5 Å². The molecule has 2 amide bonds. The summed E-state index contributed by atoms with van der Waals surface area (Å²) < 4.78 is 10.8. The quantitative estimate of drug-likeness (QED) is 0.839. The topological polar surface area (TPSA) is 90.7 Å². The molecule has 1 aliphatic carbocycles. The van der Waals surface area contributed by atoms with E-state index in [2.05, 4.69) is 12.2 Å². The number of rotatable bonds is 6. The van der Waals surface area contributed by atoms with Crippen molar-refractivity contribution in [3.05, 3.63) is 24.3 Å². The van der Waals surface area contributed by atoms with Gasteiger partial charge in [-0.3, -0.25) is 9.59 Å². The molecule has 1 saturated carbocycles. The van der Waals surface area contributed by atoms with Crippen LogP contribution in [0.5, 0.6) is 5.75 Å². The van der Waals surface area contributed by atoms with E-state index in [-0.39, 0.29) is 12.5 Å². The maximum Gasteiger partial charge on any atom is 0.256 e. The Hall–Kier alpha value is -2.08. The Bertz CT molecular complexity index is 558. The first-order valence-corrected chi connectivity index (χ1v) is 7.83. The fourth-order valence-electron chi connectivity index (χ4n) is 3.02. The molecule has 0 saturated heterocycles. The maximum absolute atomic E-state index is 12.6. The lowest BCUT2D eigenvalue weighted by Crippen LogP contribution is -2.47. The molecule has 0 aromatic heterocycles. The second kappa shape index (κ2) is 7.46. The second-order valence-electron chi connectivity index (χ2n) is 6.13. The normalized spacial score (nSPS) is 24.0. The Morgan fingerprint density at radius 2 is 2.04 bits per heavy atom. The highest BCUT2D eigenvalue weighted by Gasteiger charge is 2.41. The predicted molar refractivity (Wildman–Crippen MR) is 87.1 cm³/mol. The molecule has 0 spiro atoms. The summed E-state index contributed by atoms with van der Waals surface area (Å²) in [5.41, 5.74) is 4.94. The molecule has 2 atom stereocenters. The summed E-state index contributed by atoms with van der Waals surface area (Å²) in [6.07, 6.45) is 3.58. The number of ether oxygens (including phenoxy) is 2. The van der Waals surface area contributed by atoms with Gasteiger partial charge >= 0.3 is 0 Å². The van der Waals surface area contributed by atoms with Crippen LogP contribution in [0.2, 0.25) is 0 Å². The molecule has 0 aliphatic heterocycles. The summed E-state index contributed by atoms with van der Waals surface area (Å²) in [6, 6.07) is 6.82. The van der Waals surface area contributed by atoms with E-state index in [4.69, 9.17) is 15.2 Å². The summed E-state index contributed by atoms with van der Waals surface area (Å²) in [5, 5.41) is 2.90. The van der Waals surface area contributed by atoms with Crippen LogP contribution in [0.3, 0.4) is 0 Å². The largest absolute Gasteiger partial charge is 0.484 e. The van der Waals surface area contributed by atoms with Crippen molar-refractivity contribution in [2.75, 3.05) is 19.0 Å². The Kier molecular flexibility index (Phi) is 5.60. The lowest BCUT2D eigenvalue weighted by atomic mass is 9.78. The number of benzene rings is 1. The molecule has 0 bridgehead atoms. The Morgan fingerprint density at radius 1 is 1.35 bits per heavy atom. The van der Waals surface area contributed by atoms with E-state index in [1.165, 1.54) is 0 Å². The number of anilines is 1. The van der Waals surface area contributed by atoms with Gasteiger partial charge in [0.15, 0.2) is 6.61 Å². The van der Waals surface area contributed by atoms with E-state index in [0.29, 0.717) is 17.4 Å². The molecule has 0 radical (unpaired) electrons. The molecule has 1 fully saturated rings. The van der Waals surface area contributed by atoms with Gasteiger partial charge in [0.1, 0.15) is 11.4 Å². The van der Waals surface area contributed by atoms with E-state index in [0.717, 1.165) is 25.7 Å². The second-order valence-corrected chi connectivity index (χ2v) is 6.13. The number of nitrogens with one attached hydrogen (secondary N) is 1. The van der Waals surface area contributed by atoms with Gasteiger partial charge in [0, 0.05) is 12.8 Å². The number of hydrogen-bond donors (Lipinski definition) is 2. The summed E-state index contributed by atoms with van der Waals surface area (Å²) in [6.45, 7) is 1.97. The van der Waals surface area contributed by atoms with Crippen molar-refractivity contribution < 1.29 is 19.1 Å². The van der Waals surface area contributed by atoms with Crippen LogP contribution in [-0.2, 0) is 14.3 Å². The highest BCUT2D eigenvalue weighted by atomic mass is 16.5. The van der Waals surface area contributed by atoms with Crippen LogP contribution in [-0.4, -0.2) is 31.1 Å². The average molecular weight is 320 g/mol. The van der Waals surface area contributed by atoms with E-state index in [1.807, 2.05) is 0 Å². The molecule has 0 heterocycles. The lowest BCUT2D eigenvalue weighted by molar-refractivity contribution is -0.143. The van der Waals surface area contributed by atoms with E-state index >= 15 is 0 Å². The standard InChI is InChI=1S/C17H24N2O4/c1-12-4-3-9-17(10-12,22-2)16(21)19-13-5-7-14(8-6-13)23-11-15(18)20/h5-8,12H,3-4,9-11H2,1-2H3,(H2,18,20)(H,19,21)/t12-,17+/m0/s1. The summed E-state index contributed by atoms with van der Waals surface area (Å²) >= 11 is 0. The minimum absolute atomic E-state index is 0.114. The third-order valence-corrected chi connectivity index (χ3v) is 4.25. The molecule has 1 aromatic carbocycles. The molecule has 6 heteroatoms. The van der Waals surface area contributed by atoms with Gasteiger partial charge in [0.25, 0.3) is 11.8 Å². The van der Waals surface area contributed by atoms with Gasteiger partial charge in [-0.25, -0.2) is 0 Å². The first kappa shape index (κ1) is 17.3. The number of amides is 2. The summed E-state index contributed by atoms with van der Waals surface area (Å²) in [5.74, 6) is 0.349. The fourth-order valence-corrected chi connectivity index (χ4v) is 3.02. The maximum atomic E-state index is 12.6. The highest BCUT2D eigenvalue weighted by molar-refractivity contribution is 5.97. The Morgan fingerprint density at radius 3 is 2.61 bits per heavy atom. The Labute approximate surface area is 136 Å². The minimum atomic E-state index is -0.751. The van der Waals surface area contributed by atoms with Gasteiger partial charge in [0.2, 0.25) is 0 Å². The fraction of sp³-hybridized carbons (Fsp3) is 0.529. The highest BCUT2D eigenvalue weighted by Crippen LogP contribution is 2.35. The van der Waals surface area contributed by atoms with Crippen LogP contribution in [0.25, 0.3) is 0 Å². The molecule has 23 heavy (non-hydrogen) atoms. The zero-order valence-corrected chi connectivity index (χ0v) is 13.6. The van der Waals surface area contributed by atoms with Gasteiger partial charge in [-0.05, 0) is 49.4 Å². The number of hydrogen-bond acceptors (Lipinski definition) is 4. The van der Waals surface area contributed by atoms with Crippen molar-refractivity contribution in [1.82, 2.24) is 0 Å². The molecule has 0 unspecified atom stereocenters. The predicted octanol–water partition coefficient (Wildman–Crippen LogP) is 2.08. The van der Waals surface area contributed by atoms with Crippen LogP contribution in [0, 0.1) is 5.92 Å². The van der Waals surface area contributed by atoms with Gasteiger partial charge in [-0.1, -0.05) is 13.3 Å². The molecule has 2 rings (SSSR count). The van der Waals surface area contributed by atoms with Crippen molar-refractivity contribution >= 4 is 17.5 Å². The van der Waals surface area contributed by atoms with E-state index in [9.17, 15) is 9.59 Å². The van der Waals surface area contributed by atoms with Gasteiger partial charge in [0.05, 0.1) is 0 Å². The van der Waals surface area contributed by atoms with Crippen molar-refractivity contribution in [1.29, 1.82) is 0 Å². The van der Waals surface area contributed by atoms with Crippen LogP contribution in [0.1, 0.15) is 32.6 Å². The van der Waals surface area contributed by atoms with Crippen LogP contribution in [0.4, 0.5) is 5.69 Å². The molecule has 1 aromatic rings. The summed E-state index contributed by atoms with van der Waals surface area (Å²) in [7, 11) is 1.60. The smallest absolute Gasteiger partial charge is 0.256 e. The third-order valence-electron chi connectivity index (χ3n) is 4.25. The molecule has 3 N–H and O–H groups in total. The molecule has 126 valence electrons. The van der Waals surface area contributed by atoms with E-state index < -0.39 is 11.5 Å². The SMILES string of the molecule is CO[C@]1(C(=O)Nc2ccc(OCC(N)=O)cc2)CCC[C@H](C)C1. The Balaban J connectivity index is 2.00. The van der Waals surface area contributed by atoms with Crippen LogP contribution in [0.15, 0.2) is 24.3 Å². The van der Waals surface area contributed by atoms with Crippen LogP contribution < -0.4 is 15.8 Å². The van der Waals surface area contributed by atoms with Crippen molar-refractivity contribution in [3.63, 3.8) is 0 Å². The number of primary amides is 1. The minimum Gasteiger partial charge on any atom is -0.484 e. The number of methoxy groups -OCH3 is 1. The number of carbonyl (C=O) groups is 2. The summed E-state index contributed by atoms with van der Waals surface area (Å²) in [4.78, 5) is 23.3.